The minimum atomic E-state index is 0.357. The number of halogens is 6. The minimum absolute atomic E-state index is 0.357. The van der Waals surface area contributed by atoms with Crippen LogP contribution in [0.25, 0.3) is 22.3 Å². The van der Waals surface area contributed by atoms with Crippen LogP contribution in [0.1, 0.15) is 0 Å². The SMILES string of the molecule is COc1c(-c2cc(Cl)c(Cl)cc2Cl)cncc1-c1cc(Cl)c(Cl)cc1Cl. The Kier molecular flexibility index (Phi) is 6.13. The van der Waals surface area contributed by atoms with Crippen LogP contribution in [-0.2, 0) is 0 Å². The summed E-state index contributed by atoms with van der Waals surface area (Å²) in [4.78, 5) is 4.28. The molecule has 3 rings (SSSR count). The van der Waals surface area contributed by atoms with E-state index in [4.69, 9.17) is 74.3 Å². The summed E-state index contributed by atoms with van der Waals surface area (Å²) in [5, 5.41) is 2.28. The van der Waals surface area contributed by atoms with Crippen molar-refractivity contribution in [2.45, 2.75) is 0 Å². The highest BCUT2D eigenvalue weighted by atomic mass is 35.5. The Balaban J connectivity index is 2.28. The van der Waals surface area contributed by atoms with Gasteiger partial charge >= 0.3 is 0 Å². The van der Waals surface area contributed by atoms with Crippen molar-refractivity contribution in [3.05, 3.63) is 66.8 Å². The second kappa shape index (κ2) is 8.02. The van der Waals surface area contributed by atoms with Crippen molar-refractivity contribution >= 4 is 69.6 Å². The van der Waals surface area contributed by atoms with E-state index in [2.05, 4.69) is 4.98 Å². The van der Waals surface area contributed by atoms with Gasteiger partial charge in [0.1, 0.15) is 5.75 Å². The molecule has 1 aromatic heterocycles. The fraction of sp³-hybridized carbons (Fsp3) is 0.0556. The van der Waals surface area contributed by atoms with Crippen LogP contribution < -0.4 is 4.74 Å². The normalized spacial score (nSPS) is 10.9. The zero-order chi connectivity index (χ0) is 19.0. The summed E-state index contributed by atoms with van der Waals surface area (Å²) in [7, 11) is 1.54. The number of ether oxygens (including phenoxy) is 1. The number of hydrogen-bond acceptors (Lipinski definition) is 2. The van der Waals surface area contributed by atoms with Gasteiger partial charge in [-0.15, -0.1) is 0 Å². The van der Waals surface area contributed by atoms with Gasteiger partial charge in [-0.2, -0.15) is 0 Å². The van der Waals surface area contributed by atoms with Crippen LogP contribution >= 0.6 is 69.6 Å². The molecule has 0 spiro atoms. The third-order valence-electron chi connectivity index (χ3n) is 3.70. The molecule has 0 fully saturated rings. The van der Waals surface area contributed by atoms with Crippen LogP contribution in [0.4, 0.5) is 0 Å². The minimum Gasteiger partial charge on any atom is -0.495 e. The number of rotatable bonds is 3. The zero-order valence-electron chi connectivity index (χ0n) is 13.1. The lowest BCUT2D eigenvalue weighted by atomic mass is 10.00. The zero-order valence-corrected chi connectivity index (χ0v) is 17.6. The van der Waals surface area contributed by atoms with Gasteiger partial charge in [-0.1, -0.05) is 69.6 Å². The summed E-state index contributed by atoms with van der Waals surface area (Å²) in [6.07, 6.45) is 3.25. The van der Waals surface area contributed by atoms with Gasteiger partial charge in [-0.3, -0.25) is 4.98 Å². The molecule has 0 unspecified atom stereocenters. The molecule has 0 bridgehead atoms. The highest BCUT2D eigenvalue weighted by Gasteiger charge is 2.19. The number of hydrogen-bond donors (Lipinski definition) is 0. The molecule has 0 atom stereocenters. The monoisotopic (exact) mass is 465 g/mol. The van der Waals surface area contributed by atoms with E-state index in [1.54, 1.807) is 43.8 Å². The van der Waals surface area contributed by atoms with Crippen molar-refractivity contribution in [1.82, 2.24) is 4.98 Å². The topological polar surface area (TPSA) is 22.1 Å². The third kappa shape index (κ3) is 3.73. The van der Waals surface area contributed by atoms with Gasteiger partial charge in [-0.05, 0) is 24.3 Å². The Morgan fingerprint density at radius 1 is 0.577 bits per heavy atom. The maximum Gasteiger partial charge on any atom is 0.137 e. The Bertz CT molecular complexity index is 930. The van der Waals surface area contributed by atoms with Crippen molar-refractivity contribution in [2.75, 3.05) is 7.11 Å². The van der Waals surface area contributed by atoms with Crippen LogP contribution in [0.2, 0.25) is 30.1 Å². The Morgan fingerprint density at radius 3 is 1.35 bits per heavy atom. The first-order chi connectivity index (χ1) is 12.3. The second-order valence-electron chi connectivity index (χ2n) is 5.26. The van der Waals surface area contributed by atoms with Crippen LogP contribution in [0, 0.1) is 0 Å². The molecule has 0 saturated carbocycles. The molecule has 134 valence electrons. The first-order valence-corrected chi connectivity index (χ1v) is 9.42. The van der Waals surface area contributed by atoms with E-state index >= 15 is 0 Å². The van der Waals surface area contributed by atoms with E-state index in [1.165, 1.54) is 0 Å². The molecule has 0 amide bonds. The summed E-state index contributed by atoms with van der Waals surface area (Å²) in [6.45, 7) is 0. The van der Waals surface area contributed by atoms with Gasteiger partial charge in [0.15, 0.2) is 0 Å². The van der Waals surface area contributed by atoms with E-state index in [0.29, 0.717) is 58.1 Å². The second-order valence-corrected chi connectivity index (χ2v) is 7.70. The molecular formula is C18H9Cl6NO. The third-order valence-corrected chi connectivity index (χ3v) is 5.77. The maximum atomic E-state index is 6.35. The van der Waals surface area contributed by atoms with Crippen LogP contribution in [0.5, 0.6) is 5.75 Å². The molecule has 0 aliphatic carbocycles. The molecule has 1 heterocycles. The summed E-state index contributed by atoms with van der Waals surface area (Å²) < 4.78 is 5.63. The van der Waals surface area contributed by atoms with E-state index in [1.807, 2.05) is 0 Å². The van der Waals surface area contributed by atoms with E-state index in [0.717, 1.165) is 0 Å². The predicted molar refractivity (Wildman–Crippen MR) is 112 cm³/mol. The summed E-state index contributed by atoms with van der Waals surface area (Å²) in [5.41, 5.74) is 2.53. The first kappa shape index (κ1) is 19.9. The molecule has 0 radical (unpaired) electrons. The molecule has 2 aromatic carbocycles. The number of nitrogens with zero attached hydrogens (tertiary/aromatic N) is 1. The average molecular weight is 468 g/mol. The number of methoxy groups -OCH3 is 1. The fourth-order valence-electron chi connectivity index (χ4n) is 2.51. The number of benzene rings is 2. The summed E-state index contributed by atoms with van der Waals surface area (Å²) >= 11 is 37.0. The molecular weight excluding hydrogens is 459 g/mol. The van der Waals surface area contributed by atoms with E-state index in [9.17, 15) is 0 Å². The molecule has 0 saturated heterocycles. The van der Waals surface area contributed by atoms with Crippen LogP contribution in [0.3, 0.4) is 0 Å². The fourth-order valence-corrected chi connectivity index (χ4v) is 3.81. The molecule has 2 nitrogen and oxygen atoms in total. The molecule has 8 heteroatoms. The quantitative estimate of drug-likeness (QED) is 0.361. The molecule has 3 aromatic rings. The van der Waals surface area contributed by atoms with Crippen LogP contribution in [0.15, 0.2) is 36.7 Å². The van der Waals surface area contributed by atoms with Crippen molar-refractivity contribution in [2.24, 2.45) is 0 Å². The Labute approximate surface area is 180 Å². The van der Waals surface area contributed by atoms with Gasteiger partial charge in [0.2, 0.25) is 0 Å². The lowest BCUT2D eigenvalue weighted by Gasteiger charge is -2.16. The standard InChI is InChI=1S/C18H9Cl6NO/c1-26-18-10(8-2-14(21)16(23)4-12(8)19)6-25-7-11(18)9-3-15(22)17(24)5-13(9)20/h2-7H,1H3. The van der Waals surface area contributed by atoms with Crippen molar-refractivity contribution in [3.8, 4) is 28.0 Å². The van der Waals surface area contributed by atoms with Gasteiger partial charge in [0, 0.05) is 34.6 Å². The number of aromatic nitrogens is 1. The van der Waals surface area contributed by atoms with Crippen LogP contribution in [-0.4, -0.2) is 12.1 Å². The van der Waals surface area contributed by atoms with Gasteiger partial charge < -0.3 is 4.74 Å². The summed E-state index contributed by atoms with van der Waals surface area (Å²) in [6, 6.07) is 6.45. The van der Waals surface area contributed by atoms with Gasteiger partial charge in [0.25, 0.3) is 0 Å². The van der Waals surface area contributed by atoms with Crippen molar-refractivity contribution in [1.29, 1.82) is 0 Å². The lowest BCUT2D eigenvalue weighted by Crippen LogP contribution is -1.95. The Morgan fingerprint density at radius 2 is 0.962 bits per heavy atom. The van der Waals surface area contributed by atoms with E-state index in [-0.39, 0.29) is 0 Å². The van der Waals surface area contributed by atoms with E-state index < -0.39 is 0 Å². The largest absolute Gasteiger partial charge is 0.495 e. The summed E-state index contributed by atoms with van der Waals surface area (Å²) in [5.74, 6) is 0.514. The Hall–Kier alpha value is -0.870. The molecule has 26 heavy (non-hydrogen) atoms. The smallest absolute Gasteiger partial charge is 0.137 e. The highest BCUT2D eigenvalue weighted by Crippen LogP contribution is 2.45. The molecule has 0 N–H and O–H groups in total. The predicted octanol–water partition coefficient (Wildman–Crippen LogP) is 8.34. The van der Waals surface area contributed by atoms with Gasteiger partial charge in [-0.25, -0.2) is 0 Å². The van der Waals surface area contributed by atoms with Crippen molar-refractivity contribution in [3.63, 3.8) is 0 Å². The first-order valence-electron chi connectivity index (χ1n) is 7.15. The lowest BCUT2D eigenvalue weighted by molar-refractivity contribution is 0.417. The molecule has 0 aliphatic heterocycles. The molecule has 0 aliphatic rings. The maximum absolute atomic E-state index is 6.35. The van der Waals surface area contributed by atoms with Gasteiger partial charge in [0.05, 0.1) is 37.2 Å². The number of pyridine rings is 1. The highest BCUT2D eigenvalue weighted by molar-refractivity contribution is 6.45. The average Bonchev–Trinajstić information content (AvgIpc) is 2.60. The van der Waals surface area contributed by atoms with Crippen molar-refractivity contribution < 1.29 is 4.74 Å².